The van der Waals surface area contributed by atoms with Crippen LogP contribution in [0.2, 0.25) is 0 Å². The molecule has 0 saturated carbocycles. The van der Waals surface area contributed by atoms with E-state index >= 15 is 0 Å². The number of amides is 1. The topological polar surface area (TPSA) is 83.8 Å². The van der Waals surface area contributed by atoms with Gasteiger partial charge in [0, 0.05) is 22.6 Å². The van der Waals surface area contributed by atoms with Crippen LogP contribution in [0.15, 0.2) is 59.7 Å². The molecular formula is C23H25FN4O3S. The number of hydrazone groups is 1. The van der Waals surface area contributed by atoms with Crippen LogP contribution in [-0.2, 0) is 14.8 Å². The monoisotopic (exact) mass is 456 g/mol. The van der Waals surface area contributed by atoms with Gasteiger partial charge in [0.1, 0.15) is 12.4 Å². The van der Waals surface area contributed by atoms with Crippen molar-refractivity contribution >= 4 is 27.8 Å². The van der Waals surface area contributed by atoms with Crippen LogP contribution in [0.4, 0.5) is 10.1 Å². The average Bonchev–Trinajstić information content (AvgIpc) is 3.00. The van der Waals surface area contributed by atoms with Crippen molar-refractivity contribution in [3.63, 3.8) is 0 Å². The maximum atomic E-state index is 13.2. The normalized spacial score (nSPS) is 11.7. The molecule has 0 bridgehead atoms. The molecule has 2 aromatic carbocycles. The first-order valence-electron chi connectivity index (χ1n) is 9.88. The Morgan fingerprint density at radius 1 is 1.12 bits per heavy atom. The second-order valence-corrected chi connectivity index (χ2v) is 9.39. The molecule has 3 aromatic rings. The van der Waals surface area contributed by atoms with Crippen LogP contribution in [0.25, 0.3) is 5.69 Å². The number of halogens is 1. The third-order valence-electron chi connectivity index (χ3n) is 5.02. The number of anilines is 1. The van der Waals surface area contributed by atoms with Gasteiger partial charge in [-0.15, -0.1) is 0 Å². The summed E-state index contributed by atoms with van der Waals surface area (Å²) in [4.78, 5) is 12.4. The molecule has 9 heteroatoms. The molecule has 1 aromatic heterocycles. The molecule has 168 valence electrons. The number of aryl methyl sites for hydroxylation is 2. The zero-order valence-corrected chi connectivity index (χ0v) is 19.1. The Hall–Kier alpha value is -3.46. The van der Waals surface area contributed by atoms with Crippen LogP contribution < -0.4 is 9.73 Å². The smallest absolute Gasteiger partial charge is 0.260 e. The van der Waals surface area contributed by atoms with Gasteiger partial charge in [-0.25, -0.2) is 18.2 Å². The Morgan fingerprint density at radius 2 is 1.78 bits per heavy atom. The molecule has 0 saturated heterocycles. The van der Waals surface area contributed by atoms with Crippen LogP contribution in [0.1, 0.15) is 22.5 Å². The Bertz CT molecular complexity index is 1260. The molecule has 7 nitrogen and oxygen atoms in total. The van der Waals surface area contributed by atoms with Crippen LogP contribution in [-0.4, -0.2) is 37.9 Å². The number of nitrogens with zero attached hydrogens (tertiary/aromatic N) is 3. The molecule has 0 unspecified atom stereocenters. The summed E-state index contributed by atoms with van der Waals surface area (Å²) in [5.74, 6) is -0.878. The Kier molecular flexibility index (Phi) is 6.78. The van der Waals surface area contributed by atoms with Crippen LogP contribution >= 0.6 is 0 Å². The zero-order chi connectivity index (χ0) is 23.5. The number of hydrogen-bond donors (Lipinski definition) is 1. The molecule has 0 radical (unpaired) electrons. The molecule has 32 heavy (non-hydrogen) atoms. The Morgan fingerprint density at radius 3 is 2.41 bits per heavy atom. The summed E-state index contributed by atoms with van der Waals surface area (Å²) in [6, 6.07) is 15.0. The molecule has 0 aliphatic carbocycles. The first-order chi connectivity index (χ1) is 15.1. The van der Waals surface area contributed by atoms with E-state index in [1.165, 1.54) is 18.3 Å². The second-order valence-electron chi connectivity index (χ2n) is 7.49. The standard InChI is InChI=1S/C23H25FN4O3S/c1-16-7-5-6-8-22(16)27(32(4,30)31)15-23(29)26-25-14-19-13-17(2)28(18(19)3)21-11-9-20(24)10-12-21/h5-14H,15H2,1-4H3,(H,26,29)/b25-14-. The maximum absolute atomic E-state index is 13.2. The van der Waals surface area contributed by atoms with E-state index in [2.05, 4.69) is 10.5 Å². The summed E-state index contributed by atoms with van der Waals surface area (Å²) in [7, 11) is -3.66. The minimum Gasteiger partial charge on any atom is -0.318 e. The number of carbonyl (C=O) groups is 1. The van der Waals surface area contributed by atoms with Crippen molar-refractivity contribution in [2.75, 3.05) is 17.1 Å². The van der Waals surface area contributed by atoms with Crippen molar-refractivity contribution in [2.45, 2.75) is 20.8 Å². The lowest BCUT2D eigenvalue weighted by Crippen LogP contribution is -2.39. The number of benzene rings is 2. The van der Waals surface area contributed by atoms with Gasteiger partial charge < -0.3 is 4.57 Å². The van der Waals surface area contributed by atoms with E-state index < -0.39 is 22.5 Å². The molecule has 0 spiro atoms. The second kappa shape index (κ2) is 9.35. The summed E-state index contributed by atoms with van der Waals surface area (Å²) in [5, 5.41) is 4.00. The van der Waals surface area contributed by atoms with Crippen molar-refractivity contribution in [1.29, 1.82) is 0 Å². The van der Waals surface area contributed by atoms with Gasteiger partial charge in [0.05, 0.1) is 18.2 Å². The number of sulfonamides is 1. The lowest BCUT2D eigenvalue weighted by molar-refractivity contribution is -0.119. The maximum Gasteiger partial charge on any atom is 0.260 e. The van der Waals surface area contributed by atoms with Crippen molar-refractivity contribution in [2.24, 2.45) is 5.10 Å². The Labute approximate surface area is 187 Å². The third kappa shape index (κ3) is 5.23. The fourth-order valence-corrected chi connectivity index (χ4v) is 4.38. The summed E-state index contributed by atoms with van der Waals surface area (Å²) in [5.41, 5.74) is 6.94. The quantitative estimate of drug-likeness (QED) is 0.437. The van der Waals surface area contributed by atoms with Gasteiger partial charge >= 0.3 is 0 Å². The van der Waals surface area contributed by atoms with Crippen LogP contribution in [0.5, 0.6) is 0 Å². The van der Waals surface area contributed by atoms with Crippen molar-refractivity contribution in [1.82, 2.24) is 9.99 Å². The summed E-state index contributed by atoms with van der Waals surface area (Å²) in [6.45, 7) is 5.19. The SMILES string of the molecule is Cc1ccccc1N(CC(=O)N/N=C\c1cc(C)n(-c2ccc(F)cc2)c1C)S(C)(=O)=O. The highest BCUT2D eigenvalue weighted by Crippen LogP contribution is 2.22. The van der Waals surface area contributed by atoms with E-state index in [0.717, 1.165) is 38.8 Å². The minimum atomic E-state index is -3.66. The van der Waals surface area contributed by atoms with Gasteiger partial charge in [0.2, 0.25) is 10.0 Å². The van der Waals surface area contributed by atoms with E-state index in [4.69, 9.17) is 0 Å². The molecule has 0 aliphatic heterocycles. The average molecular weight is 457 g/mol. The van der Waals surface area contributed by atoms with E-state index in [-0.39, 0.29) is 5.82 Å². The predicted molar refractivity (Wildman–Crippen MR) is 124 cm³/mol. The van der Waals surface area contributed by atoms with Crippen LogP contribution in [0, 0.1) is 26.6 Å². The number of aromatic nitrogens is 1. The molecule has 0 fully saturated rings. The van der Waals surface area contributed by atoms with Gasteiger partial charge in [-0.05, 0) is 62.7 Å². The van der Waals surface area contributed by atoms with E-state index in [1.807, 2.05) is 24.5 Å². The lowest BCUT2D eigenvalue weighted by atomic mass is 10.2. The number of carbonyl (C=O) groups excluding carboxylic acids is 1. The fourth-order valence-electron chi connectivity index (χ4n) is 3.47. The largest absolute Gasteiger partial charge is 0.318 e. The van der Waals surface area contributed by atoms with Gasteiger partial charge in [-0.3, -0.25) is 9.10 Å². The number of rotatable bonds is 7. The van der Waals surface area contributed by atoms with Crippen LogP contribution in [0.3, 0.4) is 0 Å². The lowest BCUT2D eigenvalue weighted by Gasteiger charge is -2.23. The van der Waals surface area contributed by atoms with Gasteiger partial charge in [0.25, 0.3) is 5.91 Å². The fraction of sp³-hybridized carbons (Fsp3) is 0.217. The van der Waals surface area contributed by atoms with Gasteiger partial charge in [0.15, 0.2) is 0 Å². The molecule has 0 aliphatic rings. The molecule has 1 heterocycles. The summed E-state index contributed by atoms with van der Waals surface area (Å²) in [6.07, 6.45) is 2.55. The summed E-state index contributed by atoms with van der Waals surface area (Å²) < 4.78 is 40.7. The summed E-state index contributed by atoms with van der Waals surface area (Å²) >= 11 is 0. The first kappa shape index (κ1) is 23.2. The van der Waals surface area contributed by atoms with Crippen molar-refractivity contribution in [3.8, 4) is 5.69 Å². The highest BCUT2D eigenvalue weighted by Gasteiger charge is 2.22. The first-order valence-corrected chi connectivity index (χ1v) is 11.7. The highest BCUT2D eigenvalue weighted by molar-refractivity contribution is 7.92. The van der Waals surface area contributed by atoms with Crippen molar-refractivity contribution in [3.05, 3.63) is 82.9 Å². The number of hydrogen-bond acceptors (Lipinski definition) is 4. The minimum absolute atomic E-state index is 0.311. The number of nitrogens with one attached hydrogen (secondary N) is 1. The zero-order valence-electron chi connectivity index (χ0n) is 18.3. The van der Waals surface area contributed by atoms with E-state index in [9.17, 15) is 17.6 Å². The van der Waals surface area contributed by atoms with Crippen molar-refractivity contribution < 1.29 is 17.6 Å². The Balaban J connectivity index is 1.74. The molecule has 1 N–H and O–H groups in total. The highest BCUT2D eigenvalue weighted by atomic mass is 32.2. The molecule has 1 amide bonds. The molecule has 0 atom stereocenters. The molecular weight excluding hydrogens is 431 g/mol. The van der Waals surface area contributed by atoms with Gasteiger partial charge in [-0.1, -0.05) is 18.2 Å². The van der Waals surface area contributed by atoms with E-state index in [1.54, 1.807) is 43.3 Å². The number of para-hydroxylation sites is 1. The van der Waals surface area contributed by atoms with Gasteiger partial charge in [-0.2, -0.15) is 5.10 Å². The third-order valence-corrected chi connectivity index (χ3v) is 6.15. The van der Waals surface area contributed by atoms with E-state index in [0.29, 0.717) is 5.69 Å². The molecule has 3 rings (SSSR count). The predicted octanol–water partition coefficient (Wildman–Crippen LogP) is 3.46.